The van der Waals surface area contributed by atoms with Crippen LogP contribution in [-0.4, -0.2) is 15.8 Å². The van der Waals surface area contributed by atoms with Crippen molar-refractivity contribution < 1.29 is 14.6 Å². The predicted octanol–water partition coefficient (Wildman–Crippen LogP) is 2.94. The van der Waals surface area contributed by atoms with Crippen LogP contribution in [0.3, 0.4) is 0 Å². The maximum Gasteiger partial charge on any atom is 0.140 e. The van der Waals surface area contributed by atoms with Crippen LogP contribution in [0.25, 0.3) is 11.0 Å². The largest absolute Gasteiger partial charge is 0.458 e. The van der Waals surface area contributed by atoms with E-state index in [1.165, 1.54) is 0 Å². The first-order valence-electron chi connectivity index (χ1n) is 5.85. The highest BCUT2D eigenvalue weighted by Gasteiger charge is 2.32. The monoisotopic (exact) mass is 234 g/mol. The van der Waals surface area contributed by atoms with Gasteiger partial charge in [-0.2, -0.15) is 0 Å². The number of aryl methyl sites for hydroxylation is 1. The van der Waals surface area contributed by atoms with Crippen molar-refractivity contribution in [2.45, 2.75) is 38.9 Å². The van der Waals surface area contributed by atoms with Crippen LogP contribution in [-0.2, 0) is 0 Å². The van der Waals surface area contributed by atoms with Crippen molar-refractivity contribution in [1.29, 1.82) is 0 Å². The highest BCUT2D eigenvalue weighted by Crippen LogP contribution is 2.33. The Morgan fingerprint density at radius 2 is 2.12 bits per heavy atom. The van der Waals surface area contributed by atoms with Crippen molar-refractivity contribution in [2.24, 2.45) is 0 Å². The lowest BCUT2D eigenvalue weighted by atomic mass is 9.94. The summed E-state index contributed by atoms with van der Waals surface area (Å²) in [5.41, 5.74) is 0.632. The molecule has 2 rings (SSSR count). The number of fused-ring (bicyclic) bond motifs is 1. The Morgan fingerprint density at radius 3 is 2.71 bits per heavy atom. The second-order valence-corrected chi connectivity index (χ2v) is 4.76. The maximum atomic E-state index is 10.1. The zero-order valence-electron chi connectivity index (χ0n) is 10.4. The molecular weight excluding hydrogens is 216 g/mol. The molecule has 2 atom stereocenters. The van der Waals surface area contributed by atoms with Crippen molar-refractivity contribution in [2.75, 3.05) is 0 Å². The summed E-state index contributed by atoms with van der Waals surface area (Å²) >= 11 is 0. The third-order valence-corrected chi connectivity index (χ3v) is 3.33. The van der Waals surface area contributed by atoms with Gasteiger partial charge in [-0.25, -0.2) is 0 Å². The van der Waals surface area contributed by atoms with E-state index >= 15 is 0 Å². The van der Waals surface area contributed by atoms with Crippen LogP contribution in [0.15, 0.2) is 28.7 Å². The molecule has 3 heteroatoms. The fourth-order valence-electron chi connectivity index (χ4n) is 1.86. The standard InChI is InChI=1S/C14H18O3/c1-4-14(3,16)13(15)11-8-10-7-5-6-9(2)12(10)17-11/h5-8,13,15-16H,4H2,1-3H3. The molecule has 2 aromatic rings. The molecule has 0 saturated heterocycles. The minimum atomic E-state index is -1.16. The third kappa shape index (κ3) is 2.08. The van der Waals surface area contributed by atoms with E-state index in [4.69, 9.17) is 4.42 Å². The van der Waals surface area contributed by atoms with Gasteiger partial charge in [-0.1, -0.05) is 25.1 Å². The van der Waals surface area contributed by atoms with E-state index in [-0.39, 0.29) is 0 Å². The molecule has 0 amide bonds. The summed E-state index contributed by atoms with van der Waals surface area (Å²) in [5, 5.41) is 21.1. The summed E-state index contributed by atoms with van der Waals surface area (Å²) in [6, 6.07) is 7.63. The van der Waals surface area contributed by atoms with Crippen molar-refractivity contribution in [3.63, 3.8) is 0 Å². The van der Waals surface area contributed by atoms with E-state index in [9.17, 15) is 10.2 Å². The molecule has 1 aromatic heterocycles. The molecule has 2 N–H and O–H groups in total. The second-order valence-electron chi connectivity index (χ2n) is 4.76. The van der Waals surface area contributed by atoms with Crippen LogP contribution < -0.4 is 0 Å². The fourth-order valence-corrected chi connectivity index (χ4v) is 1.86. The van der Waals surface area contributed by atoms with Gasteiger partial charge in [0.1, 0.15) is 17.4 Å². The van der Waals surface area contributed by atoms with Gasteiger partial charge in [0, 0.05) is 5.39 Å². The van der Waals surface area contributed by atoms with Gasteiger partial charge in [0.15, 0.2) is 0 Å². The van der Waals surface area contributed by atoms with Crippen molar-refractivity contribution in [3.05, 3.63) is 35.6 Å². The molecule has 3 nitrogen and oxygen atoms in total. The molecule has 2 unspecified atom stereocenters. The van der Waals surface area contributed by atoms with Crippen molar-refractivity contribution >= 4 is 11.0 Å². The lowest BCUT2D eigenvalue weighted by Gasteiger charge is -2.25. The van der Waals surface area contributed by atoms with E-state index in [0.717, 1.165) is 16.5 Å². The lowest BCUT2D eigenvalue weighted by Crippen LogP contribution is -2.31. The minimum Gasteiger partial charge on any atom is -0.458 e. The molecule has 17 heavy (non-hydrogen) atoms. The first-order chi connectivity index (χ1) is 7.95. The lowest BCUT2D eigenvalue weighted by molar-refractivity contribution is -0.0743. The van der Waals surface area contributed by atoms with E-state index in [0.29, 0.717) is 12.2 Å². The molecule has 0 saturated carbocycles. The molecular formula is C14H18O3. The molecule has 0 aliphatic heterocycles. The van der Waals surface area contributed by atoms with Gasteiger partial charge in [0.2, 0.25) is 0 Å². The second kappa shape index (κ2) is 4.17. The van der Waals surface area contributed by atoms with Gasteiger partial charge >= 0.3 is 0 Å². The summed E-state index contributed by atoms with van der Waals surface area (Å²) in [6.07, 6.45) is -0.538. The third-order valence-electron chi connectivity index (χ3n) is 3.33. The number of para-hydroxylation sites is 1. The van der Waals surface area contributed by atoms with Crippen LogP contribution in [0.4, 0.5) is 0 Å². The highest BCUT2D eigenvalue weighted by molar-refractivity contribution is 5.80. The Balaban J connectivity index is 2.47. The molecule has 0 aliphatic carbocycles. The van der Waals surface area contributed by atoms with Gasteiger partial charge in [-0.15, -0.1) is 0 Å². The predicted molar refractivity (Wildman–Crippen MR) is 66.8 cm³/mol. The topological polar surface area (TPSA) is 53.6 Å². The van der Waals surface area contributed by atoms with Crippen LogP contribution in [0.2, 0.25) is 0 Å². The van der Waals surface area contributed by atoms with Crippen LogP contribution in [0.5, 0.6) is 0 Å². The summed E-state index contributed by atoms with van der Waals surface area (Å²) in [5.74, 6) is 0.418. The number of hydrogen-bond acceptors (Lipinski definition) is 3. The summed E-state index contributed by atoms with van der Waals surface area (Å²) in [7, 11) is 0. The first kappa shape index (κ1) is 12.1. The SMILES string of the molecule is CCC(C)(O)C(O)c1cc2cccc(C)c2o1. The van der Waals surface area contributed by atoms with Crippen LogP contribution in [0, 0.1) is 6.92 Å². The van der Waals surface area contributed by atoms with Gasteiger partial charge in [-0.05, 0) is 31.9 Å². The fraction of sp³-hybridized carbons (Fsp3) is 0.429. The van der Waals surface area contributed by atoms with E-state index in [1.54, 1.807) is 13.0 Å². The summed E-state index contributed by atoms with van der Waals surface area (Å²) < 4.78 is 5.64. The first-order valence-corrected chi connectivity index (χ1v) is 5.85. The Bertz CT molecular complexity index is 525. The van der Waals surface area contributed by atoms with E-state index in [2.05, 4.69) is 0 Å². The summed E-state index contributed by atoms with van der Waals surface area (Å²) in [4.78, 5) is 0. The van der Waals surface area contributed by atoms with E-state index < -0.39 is 11.7 Å². The molecule has 0 aliphatic rings. The van der Waals surface area contributed by atoms with E-state index in [1.807, 2.05) is 32.0 Å². The number of hydrogen-bond donors (Lipinski definition) is 2. The van der Waals surface area contributed by atoms with Crippen molar-refractivity contribution in [1.82, 2.24) is 0 Å². The zero-order chi connectivity index (χ0) is 12.6. The van der Waals surface area contributed by atoms with Crippen molar-refractivity contribution in [3.8, 4) is 0 Å². The molecule has 0 fully saturated rings. The Hall–Kier alpha value is -1.32. The molecule has 0 spiro atoms. The number of aliphatic hydroxyl groups excluding tert-OH is 1. The normalized spacial score (nSPS) is 17.0. The molecule has 92 valence electrons. The maximum absolute atomic E-state index is 10.1. The smallest absolute Gasteiger partial charge is 0.140 e. The average Bonchev–Trinajstić information content (AvgIpc) is 2.73. The Kier molecular flexibility index (Phi) is 2.98. The zero-order valence-corrected chi connectivity index (χ0v) is 10.4. The molecule has 1 aromatic carbocycles. The molecule has 0 radical (unpaired) electrons. The average molecular weight is 234 g/mol. The van der Waals surface area contributed by atoms with Gasteiger partial charge in [-0.3, -0.25) is 0 Å². The van der Waals surface area contributed by atoms with Gasteiger partial charge in [0.25, 0.3) is 0 Å². The Labute approximate surface area is 101 Å². The van der Waals surface area contributed by atoms with Crippen LogP contribution in [0.1, 0.15) is 37.7 Å². The van der Waals surface area contributed by atoms with Gasteiger partial charge < -0.3 is 14.6 Å². The quantitative estimate of drug-likeness (QED) is 0.858. The molecule has 1 heterocycles. The molecule has 0 bridgehead atoms. The number of benzene rings is 1. The minimum absolute atomic E-state index is 0.418. The Morgan fingerprint density at radius 1 is 1.41 bits per heavy atom. The highest BCUT2D eigenvalue weighted by atomic mass is 16.4. The van der Waals surface area contributed by atoms with Gasteiger partial charge in [0.05, 0.1) is 5.60 Å². The number of aliphatic hydroxyl groups is 2. The number of rotatable bonds is 3. The summed E-state index contributed by atoms with van der Waals surface area (Å²) in [6.45, 7) is 5.40. The van der Waals surface area contributed by atoms with Crippen LogP contribution >= 0.6 is 0 Å². The number of furan rings is 1.